The number of likely N-dealkylation sites (tertiary alicyclic amines) is 1. The number of benzene rings is 2. The Hall–Kier alpha value is -3.22. The standard InChI is InChI=1S/C19H17FN4O2/c20-15-8-6-13(7-9-15)12-24-11-10-16(18(24)25)21-19-22-17(26-23-19)14-4-2-1-3-5-14/h1-9,16H,10-12H2,(H,21,23). The number of carbonyl (C=O) groups is 1. The summed E-state index contributed by atoms with van der Waals surface area (Å²) in [7, 11) is 0. The van der Waals surface area contributed by atoms with Gasteiger partial charge < -0.3 is 14.7 Å². The molecule has 26 heavy (non-hydrogen) atoms. The van der Waals surface area contributed by atoms with Gasteiger partial charge in [-0.2, -0.15) is 4.98 Å². The first-order valence-corrected chi connectivity index (χ1v) is 8.38. The van der Waals surface area contributed by atoms with Gasteiger partial charge in [-0.05, 0) is 41.4 Å². The van der Waals surface area contributed by atoms with E-state index in [9.17, 15) is 9.18 Å². The summed E-state index contributed by atoms with van der Waals surface area (Å²) in [6, 6.07) is 15.2. The Bertz CT molecular complexity index is 895. The van der Waals surface area contributed by atoms with Gasteiger partial charge in [-0.3, -0.25) is 4.79 Å². The minimum Gasteiger partial charge on any atom is -0.340 e. The van der Waals surface area contributed by atoms with Crippen molar-refractivity contribution >= 4 is 11.9 Å². The van der Waals surface area contributed by atoms with Gasteiger partial charge in [0.05, 0.1) is 0 Å². The lowest BCUT2D eigenvalue weighted by molar-refractivity contribution is -0.128. The van der Waals surface area contributed by atoms with Gasteiger partial charge >= 0.3 is 0 Å². The molecule has 4 rings (SSSR count). The average Bonchev–Trinajstić information content (AvgIpc) is 3.27. The topological polar surface area (TPSA) is 71.3 Å². The smallest absolute Gasteiger partial charge is 0.264 e. The van der Waals surface area contributed by atoms with Crippen LogP contribution >= 0.6 is 0 Å². The summed E-state index contributed by atoms with van der Waals surface area (Å²) < 4.78 is 18.2. The fraction of sp³-hybridized carbons (Fsp3) is 0.211. The molecule has 3 aromatic rings. The number of nitrogens with zero attached hydrogens (tertiary/aromatic N) is 3. The maximum Gasteiger partial charge on any atom is 0.264 e. The molecule has 1 aliphatic rings. The van der Waals surface area contributed by atoms with Gasteiger partial charge in [0, 0.05) is 18.7 Å². The van der Waals surface area contributed by atoms with Crippen LogP contribution in [0.25, 0.3) is 11.5 Å². The molecule has 2 heterocycles. The molecule has 0 saturated carbocycles. The molecule has 1 fully saturated rings. The molecular formula is C19H17FN4O2. The van der Waals surface area contributed by atoms with Gasteiger partial charge in [0.2, 0.25) is 5.91 Å². The summed E-state index contributed by atoms with van der Waals surface area (Å²) in [6.07, 6.45) is 0.648. The summed E-state index contributed by atoms with van der Waals surface area (Å²) >= 11 is 0. The second kappa shape index (κ2) is 6.95. The Morgan fingerprint density at radius 3 is 2.69 bits per heavy atom. The van der Waals surface area contributed by atoms with Crippen LogP contribution in [0.3, 0.4) is 0 Å². The zero-order valence-corrected chi connectivity index (χ0v) is 13.9. The lowest BCUT2D eigenvalue weighted by Crippen LogP contribution is -2.33. The quantitative estimate of drug-likeness (QED) is 0.764. The van der Waals surface area contributed by atoms with Crippen molar-refractivity contribution in [2.45, 2.75) is 19.0 Å². The second-order valence-corrected chi connectivity index (χ2v) is 6.16. The van der Waals surface area contributed by atoms with Crippen molar-refractivity contribution in [2.75, 3.05) is 11.9 Å². The molecule has 1 unspecified atom stereocenters. The molecule has 7 heteroatoms. The summed E-state index contributed by atoms with van der Waals surface area (Å²) in [4.78, 5) is 18.6. The molecule has 1 atom stereocenters. The van der Waals surface area contributed by atoms with Crippen molar-refractivity contribution in [1.82, 2.24) is 15.0 Å². The molecule has 132 valence electrons. The van der Waals surface area contributed by atoms with Crippen molar-refractivity contribution in [1.29, 1.82) is 0 Å². The third-order valence-electron chi connectivity index (χ3n) is 4.33. The zero-order valence-electron chi connectivity index (χ0n) is 13.9. The molecule has 6 nitrogen and oxygen atoms in total. The van der Waals surface area contributed by atoms with E-state index in [1.807, 2.05) is 30.3 Å². The maximum absolute atomic E-state index is 13.0. The van der Waals surface area contributed by atoms with Gasteiger partial charge in [-0.25, -0.2) is 4.39 Å². The van der Waals surface area contributed by atoms with Gasteiger partial charge in [0.1, 0.15) is 11.9 Å². The Balaban J connectivity index is 1.39. The monoisotopic (exact) mass is 352 g/mol. The highest BCUT2D eigenvalue weighted by Crippen LogP contribution is 2.21. The predicted molar refractivity (Wildman–Crippen MR) is 93.6 cm³/mol. The first-order valence-electron chi connectivity index (χ1n) is 8.38. The number of nitrogens with one attached hydrogen (secondary N) is 1. The Labute approximate surface area is 149 Å². The zero-order chi connectivity index (χ0) is 17.9. The van der Waals surface area contributed by atoms with Gasteiger partial charge in [0.15, 0.2) is 0 Å². The molecule has 0 spiro atoms. The lowest BCUT2D eigenvalue weighted by atomic mass is 10.2. The number of rotatable bonds is 5. The number of hydrogen-bond donors (Lipinski definition) is 1. The van der Waals surface area contributed by atoms with Crippen molar-refractivity contribution in [3.05, 3.63) is 66.0 Å². The maximum atomic E-state index is 13.0. The minimum atomic E-state index is -0.392. The van der Waals surface area contributed by atoms with E-state index in [2.05, 4.69) is 15.5 Å². The van der Waals surface area contributed by atoms with E-state index in [1.54, 1.807) is 17.0 Å². The Morgan fingerprint density at radius 1 is 1.15 bits per heavy atom. The molecule has 0 bridgehead atoms. The third-order valence-corrected chi connectivity index (χ3v) is 4.33. The van der Waals surface area contributed by atoms with Crippen LogP contribution in [0, 0.1) is 5.82 Å². The average molecular weight is 352 g/mol. The van der Waals surface area contributed by atoms with E-state index in [0.717, 1.165) is 11.1 Å². The molecule has 1 amide bonds. The van der Waals surface area contributed by atoms with Crippen LogP contribution in [-0.2, 0) is 11.3 Å². The summed E-state index contributed by atoms with van der Waals surface area (Å²) in [5.74, 6) is 0.389. The van der Waals surface area contributed by atoms with Crippen LogP contribution in [0.4, 0.5) is 10.3 Å². The SMILES string of the molecule is O=C1C(Nc2noc(-c3ccccc3)n2)CCN1Cc1ccc(F)cc1. The number of anilines is 1. The van der Waals surface area contributed by atoms with E-state index >= 15 is 0 Å². The van der Waals surface area contributed by atoms with Crippen LogP contribution in [0.15, 0.2) is 59.1 Å². The highest BCUT2D eigenvalue weighted by atomic mass is 19.1. The fourth-order valence-corrected chi connectivity index (χ4v) is 2.98. The van der Waals surface area contributed by atoms with E-state index in [1.165, 1.54) is 12.1 Å². The summed E-state index contributed by atoms with van der Waals surface area (Å²) in [5.41, 5.74) is 1.72. The molecule has 2 aromatic carbocycles. The molecular weight excluding hydrogens is 335 g/mol. The molecule has 1 N–H and O–H groups in total. The first-order chi connectivity index (χ1) is 12.7. The number of halogens is 1. The van der Waals surface area contributed by atoms with Crippen LogP contribution in [0.2, 0.25) is 0 Å². The van der Waals surface area contributed by atoms with Crippen LogP contribution in [0.5, 0.6) is 0 Å². The number of carbonyl (C=O) groups excluding carboxylic acids is 1. The summed E-state index contributed by atoms with van der Waals surface area (Å²) in [6.45, 7) is 1.08. The van der Waals surface area contributed by atoms with Gasteiger partial charge in [-0.1, -0.05) is 30.3 Å². The normalized spacial score (nSPS) is 16.9. The van der Waals surface area contributed by atoms with Crippen molar-refractivity contribution in [2.24, 2.45) is 0 Å². The highest BCUT2D eigenvalue weighted by Gasteiger charge is 2.32. The Morgan fingerprint density at radius 2 is 1.92 bits per heavy atom. The number of amides is 1. The minimum absolute atomic E-state index is 0.0274. The number of hydrogen-bond acceptors (Lipinski definition) is 5. The lowest BCUT2D eigenvalue weighted by Gasteiger charge is -2.16. The molecule has 1 aliphatic heterocycles. The van der Waals surface area contributed by atoms with E-state index in [4.69, 9.17) is 4.52 Å². The predicted octanol–water partition coefficient (Wildman–Crippen LogP) is 3.09. The highest BCUT2D eigenvalue weighted by molar-refractivity contribution is 5.86. The van der Waals surface area contributed by atoms with Crippen LogP contribution < -0.4 is 5.32 Å². The summed E-state index contributed by atoms with van der Waals surface area (Å²) in [5, 5.41) is 6.94. The molecule has 1 aromatic heterocycles. The molecule has 0 aliphatic carbocycles. The van der Waals surface area contributed by atoms with Crippen molar-refractivity contribution < 1.29 is 13.7 Å². The fourth-order valence-electron chi connectivity index (χ4n) is 2.98. The van der Waals surface area contributed by atoms with Crippen LogP contribution in [-0.4, -0.2) is 33.5 Å². The molecule has 0 radical (unpaired) electrons. The van der Waals surface area contributed by atoms with Crippen molar-refractivity contribution in [3.8, 4) is 11.5 Å². The van der Waals surface area contributed by atoms with E-state index in [-0.39, 0.29) is 11.7 Å². The van der Waals surface area contributed by atoms with E-state index in [0.29, 0.717) is 31.3 Å². The van der Waals surface area contributed by atoms with Crippen LogP contribution in [0.1, 0.15) is 12.0 Å². The first kappa shape index (κ1) is 16.3. The van der Waals surface area contributed by atoms with Gasteiger partial charge in [0.25, 0.3) is 11.8 Å². The second-order valence-electron chi connectivity index (χ2n) is 6.16. The van der Waals surface area contributed by atoms with E-state index < -0.39 is 6.04 Å². The van der Waals surface area contributed by atoms with Crippen molar-refractivity contribution in [3.63, 3.8) is 0 Å². The van der Waals surface area contributed by atoms with Gasteiger partial charge in [-0.15, -0.1) is 0 Å². The Kier molecular flexibility index (Phi) is 4.35. The third kappa shape index (κ3) is 3.42. The molecule has 1 saturated heterocycles. The number of aromatic nitrogens is 2. The largest absolute Gasteiger partial charge is 0.340 e.